The zero-order valence-corrected chi connectivity index (χ0v) is 13.0. The Hall–Kier alpha value is -1.95. The van der Waals surface area contributed by atoms with Gasteiger partial charge in [0.2, 0.25) is 0 Å². The lowest BCUT2D eigenvalue weighted by Gasteiger charge is -2.06. The molecule has 0 aliphatic rings. The Bertz CT molecular complexity index is 638. The summed E-state index contributed by atoms with van der Waals surface area (Å²) in [5.41, 5.74) is 1.36. The number of carbonyl (C=O) groups excluding carboxylic acids is 1. The molecule has 1 aromatic carbocycles. The summed E-state index contributed by atoms with van der Waals surface area (Å²) >= 11 is 0. The van der Waals surface area contributed by atoms with Crippen molar-refractivity contribution in [2.24, 2.45) is 0 Å². The third kappa shape index (κ3) is 4.01. The maximum Gasteiger partial charge on any atom is 0.269 e. The predicted molar refractivity (Wildman–Crippen MR) is 82.7 cm³/mol. The van der Waals surface area contributed by atoms with Crippen molar-refractivity contribution < 1.29 is 9.00 Å². The van der Waals surface area contributed by atoms with Crippen molar-refractivity contribution in [3.05, 3.63) is 47.8 Å². The molecular weight excluding hydrogens is 286 g/mol. The summed E-state index contributed by atoms with van der Waals surface area (Å²) in [7, 11) is -1.10. The first-order valence-corrected chi connectivity index (χ1v) is 8.19. The Kier molecular flexibility index (Phi) is 5.27. The minimum Gasteiger partial charge on any atom is -0.350 e. The molecule has 6 heteroatoms. The molecule has 1 heterocycles. The van der Waals surface area contributed by atoms with Gasteiger partial charge in [-0.1, -0.05) is 18.2 Å². The third-order valence-corrected chi connectivity index (χ3v) is 4.39. The fourth-order valence-corrected chi connectivity index (χ4v) is 2.99. The molecular formula is C15H19N3O2S. The number of hydrogen-bond acceptors (Lipinski definition) is 3. The second kappa shape index (κ2) is 7.17. The maximum absolute atomic E-state index is 12.1. The lowest BCUT2D eigenvalue weighted by Crippen LogP contribution is -2.29. The summed E-state index contributed by atoms with van der Waals surface area (Å²) in [6.45, 7) is 4.81. The van der Waals surface area contributed by atoms with Crippen LogP contribution in [0.4, 0.5) is 0 Å². The molecule has 1 amide bonds. The van der Waals surface area contributed by atoms with Crippen LogP contribution in [0.15, 0.2) is 41.3 Å². The highest BCUT2D eigenvalue weighted by Gasteiger charge is 2.13. The molecule has 1 unspecified atom stereocenters. The van der Waals surface area contributed by atoms with Crippen LogP contribution in [-0.2, 0) is 17.3 Å². The second-order valence-corrected chi connectivity index (χ2v) is 6.18. The minimum atomic E-state index is -1.10. The molecule has 0 aliphatic heterocycles. The van der Waals surface area contributed by atoms with Gasteiger partial charge in [-0.15, -0.1) is 0 Å². The Morgan fingerprint density at radius 3 is 2.71 bits per heavy atom. The van der Waals surface area contributed by atoms with Gasteiger partial charge in [-0.05, 0) is 32.0 Å². The lowest BCUT2D eigenvalue weighted by atomic mass is 10.3. The molecule has 2 aromatic rings. The van der Waals surface area contributed by atoms with Gasteiger partial charge in [0, 0.05) is 23.7 Å². The Morgan fingerprint density at radius 2 is 2.05 bits per heavy atom. The van der Waals surface area contributed by atoms with E-state index in [4.69, 9.17) is 0 Å². The van der Waals surface area contributed by atoms with Crippen molar-refractivity contribution >= 4 is 16.7 Å². The molecule has 21 heavy (non-hydrogen) atoms. The Balaban J connectivity index is 1.88. The van der Waals surface area contributed by atoms with Gasteiger partial charge in [-0.2, -0.15) is 5.10 Å². The number of aryl methyl sites for hydroxylation is 2. The first-order chi connectivity index (χ1) is 10.1. The number of rotatable bonds is 6. The van der Waals surface area contributed by atoms with E-state index >= 15 is 0 Å². The molecule has 0 radical (unpaired) electrons. The van der Waals surface area contributed by atoms with Crippen molar-refractivity contribution in [1.29, 1.82) is 0 Å². The summed E-state index contributed by atoms with van der Waals surface area (Å²) in [5, 5.41) is 7.03. The summed E-state index contributed by atoms with van der Waals surface area (Å²) in [5.74, 6) is 0.220. The Labute approximate surface area is 126 Å². The smallest absolute Gasteiger partial charge is 0.269 e. The van der Waals surface area contributed by atoms with Gasteiger partial charge in [0.05, 0.1) is 16.5 Å². The molecule has 0 bridgehead atoms. The van der Waals surface area contributed by atoms with Gasteiger partial charge in [0.1, 0.15) is 5.69 Å². The highest BCUT2D eigenvalue weighted by molar-refractivity contribution is 7.85. The van der Waals surface area contributed by atoms with E-state index in [-0.39, 0.29) is 5.91 Å². The summed E-state index contributed by atoms with van der Waals surface area (Å²) < 4.78 is 13.7. The molecule has 0 saturated heterocycles. The number of hydrogen-bond donors (Lipinski definition) is 1. The van der Waals surface area contributed by atoms with Crippen LogP contribution in [0.25, 0.3) is 0 Å². The van der Waals surface area contributed by atoms with Crippen LogP contribution in [0.2, 0.25) is 0 Å². The van der Waals surface area contributed by atoms with E-state index in [1.165, 1.54) is 0 Å². The molecule has 1 N–H and O–H groups in total. The Morgan fingerprint density at radius 1 is 1.33 bits per heavy atom. The first kappa shape index (κ1) is 15.4. The maximum atomic E-state index is 12.1. The normalized spacial score (nSPS) is 12.1. The van der Waals surface area contributed by atoms with Crippen LogP contribution < -0.4 is 5.32 Å². The third-order valence-electron chi connectivity index (χ3n) is 3.01. The molecule has 0 fully saturated rings. The van der Waals surface area contributed by atoms with Gasteiger partial charge in [0.25, 0.3) is 5.91 Å². The van der Waals surface area contributed by atoms with Crippen molar-refractivity contribution in [2.75, 3.05) is 12.3 Å². The molecule has 5 nitrogen and oxygen atoms in total. The van der Waals surface area contributed by atoms with Crippen LogP contribution in [0.1, 0.15) is 23.1 Å². The van der Waals surface area contributed by atoms with E-state index in [1.54, 1.807) is 10.7 Å². The van der Waals surface area contributed by atoms with E-state index in [0.717, 1.165) is 10.6 Å². The number of aromatic nitrogens is 2. The average molecular weight is 305 g/mol. The molecule has 0 spiro atoms. The molecule has 112 valence electrons. The average Bonchev–Trinajstić information content (AvgIpc) is 2.89. The number of carbonyl (C=O) groups is 1. The topological polar surface area (TPSA) is 64.0 Å². The molecule has 2 rings (SSSR count). The van der Waals surface area contributed by atoms with Crippen LogP contribution >= 0.6 is 0 Å². The minimum absolute atomic E-state index is 0.178. The van der Waals surface area contributed by atoms with Gasteiger partial charge < -0.3 is 5.32 Å². The molecule has 1 aromatic heterocycles. The standard InChI is InChI=1S/C15H19N3O2S/c1-3-18-14(11-12(2)17-18)15(19)16-9-10-21(20)13-7-5-4-6-8-13/h4-8,11H,3,9-10H2,1-2H3,(H,16,19). The van der Waals surface area contributed by atoms with Crippen LogP contribution in [0.5, 0.6) is 0 Å². The van der Waals surface area contributed by atoms with Crippen molar-refractivity contribution in [1.82, 2.24) is 15.1 Å². The number of benzene rings is 1. The lowest BCUT2D eigenvalue weighted by molar-refractivity contribution is 0.0945. The highest BCUT2D eigenvalue weighted by Crippen LogP contribution is 2.06. The molecule has 0 saturated carbocycles. The van der Waals surface area contributed by atoms with Gasteiger partial charge >= 0.3 is 0 Å². The van der Waals surface area contributed by atoms with E-state index in [0.29, 0.717) is 24.5 Å². The van der Waals surface area contributed by atoms with E-state index in [2.05, 4.69) is 10.4 Å². The summed E-state index contributed by atoms with van der Waals surface area (Å²) in [6.07, 6.45) is 0. The SMILES string of the molecule is CCn1nc(C)cc1C(=O)NCCS(=O)c1ccccc1. The van der Waals surface area contributed by atoms with Crippen LogP contribution in [-0.4, -0.2) is 32.2 Å². The van der Waals surface area contributed by atoms with E-state index < -0.39 is 10.8 Å². The fraction of sp³-hybridized carbons (Fsp3) is 0.333. The van der Waals surface area contributed by atoms with Crippen molar-refractivity contribution in [2.45, 2.75) is 25.3 Å². The monoisotopic (exact) mass is 305 g/mol. The molecule has 0 aliphatic carbocycles. The number of nitrogens with one attached hydrogen (secondary N) is 1. The van der Waals surface area contributed by atoms with Crippen LogP contribution in [0.3, 0.4) is 0 Å². The van der Waals surface area contributed by atoms with Crippen LogP contribution in [0, 0.1) is 6.92 Å². The summed E-state index contributed by atoms with van der Waals surface area (Å²) in [6, 6.07) is 11.0. The van der Waals surface area contributed by atoms with Gasteiger partial charge in [-0.3, -0.25) is 13.7 Å². The quantitative estimate of drug-likeness (QED) is 0.884. The number of nitrogens with zero attached hydrogens (tertiary/aromatic N) is 2. The largest absolute Gasteiger partial charge is 0.350 e. The van der Waals surface area contributed by atoms with Crippen molar-refractivity contribution in [3.63, 3.8) is 0 Å². The first-order valence-electron chi connectivity index (χ1n) is 6.88. The fourth-order valence-electron chi connectivity index (χ4n) is 2.01. The second-order valence-electron chi connectivity index (χ2n) is 4.61. The van der Waals surface area contributed by atoms with Gasteiger partial charge in [-0.25, -0.2) is 0 Å². The van der Waals surface area contributed by atoms with E-state index in [9.17, 15) is 9.00 Å². The number of amides is 1. The van der Waals surface area contributed by atoms with Gasteiger partial charge in [0.15, 0.2) is 0 Å². The summed E-state index contributed by atoms with van der Waals surface area (Å²) in [4.78, 5) is 12.9. The molecule has 1 atom stereocenters. The highest BCUT2D eigenvalue weighted by atomic mass is 32.2. The predicted octanol–water partition coefficient (Wildman–Crippen LogP) is 1.75. The zero-order chi connectivity index (χ0) is 15.2. The zero-order valence-electron chi connectivity index (χ0n) is 12.2. The van der Waals surface area contributed by atoms with E-state index in [1.807, 2.05) is 44.2 Å². The van der Waals surface area contributed by atoms with Crippen molar-refractivity contribution in [3.8, 4) is 0 Å².